The molecule has 3 nitrogen and oxygen atoms in total. The summed E-state index contributed by atoms with van der Waals surface area (Å²) in [5.41, 5.74) is 2.99. The number of carbonyl (C=O) groups excluding carboxylic acids is 1. The van der Waals surface area contributed by atoms with Gasteiger partial charge in [-0.05, 0) is 18.2 Å². The van der Waals surface area contributed by atoms with Gasteiger partial charge in [-0.1, -0.05) is 12.2 Å². The van der Waals surface area contributed by atoms with E-state index in [4.69, 9.17) is 5.73 Å². The number of alkyl halides is 6. The molecule has 0 heterocycles. The molecule has 10 heteroatoms. The number of benzene rings is 1. The van der Waals surface area contributed by atoms with Crippen molar-refractivity contribution in [2.24, 2.45) is 5.73 Å². The van der Waals surface area contributed by atoms with Crippen LogP contribution in [0.1, 0.15) is 17.5 Å². The van der Waals surface area contributed by atoms with E-state index in [2.05, 4.69) is 12.2 Å². The molecule has 116 valence electrons. The largest absolute Gasteiger partial charge is 0.417 e. The molecule has 0 unspecified atom stereocenters. The minimum atomic E-state index is -4.82. The molecule has 0 atom stereocenters. The number of hydrogen-bond donors (Lipinski definition) is 2. The maximum absolute atomic E-state index is 12.8. The first kappa shape index (κ1) is 17.2. The number of amides is 1. The van der Waals surface area contributed by atoms with Crippen molar-refractivity contribution in [2.75, 3.05) is 5.32 Å². The van der Waals surface area contributed by atoms with Crippen LogP contribution < -0.4 is 11.1 Å². The third kappa shape index (κ3) is 5.21. The Kier molecular flexibility index (Phi) is 4.82. The third-order valence-corrected chi connectivity index (χ3v) is 2.46. The van der Waals surface area contributed by atoms with E-state index in [9.17, 15) is 31.1 Å². The molecule has 0 fully saturated rings. The van der Waals surface area contributed by atoms with Gasteiger partial charge in [0, 0.05) is 11.3 Å². The van der Waals surface area contributed by atoms with Gasteiger partial charge in [0.15, 0.2) is 0 Å². The van der Waals surface area contributed by atoms with E-state index >= 15 is 0 Å². The van der Waals surface area contributed by atoms with Gasteiger partial charge in [0.1, 0.15) is 11.4 Å². The molecule has 0 bridgehead atoms. The van der Waals surface area contributed by atoms with Crippen LogP contribution in [0.5, 0.6) is 0 Å². The van der Waals surface area contributed by atoms with Crippen LogP contribution in [0.15, 0.2) is 18.2 Å². The molecule has 0 saturated heterocycles. The molecule has 0 spiro atoms. The number of carbonyl (C=O) groups is 1. The Bertz CT molecular complexity index is 567. The van der Waals surface area contributed by atoms with Crippen LogP contribution in [0.3, 0.4) is 0 Å². The Balaban J connectivity index is 3.07. The van der Waals surface area contributed by atoms with E-state index in [1.54, 1.807) is 5.32 Å². The summed E-state index contributed by atoms with van der Waals surface area (Å²) in [5, 5.41) is 1.73. The number of anilines is 1. The molecule has 0 aliphatic carbocycles. The monoisotopic (exact) mass is 330 g/mol. The summed E-state index contributed by atoms with van der Waals surface area (Å²) < 4.78 is 74.3. The minimum Gasteiger partial charge on any atom is -0.389 e. The fraction of sp³-hybridized carbons (Fsp3) is 0.273. The lowest BCUT2D eigenvalue weighted by Gasteiger charge is -2.14. The number of nitrogens with one attached hydrogen (secondary N) is 1. The molecule has 1 aromatic rings. The average molecular weight is 330 g/mol. The quantitative estimate of drug-likeness (QED) is 0.661. The van der Waals surface area contributed by atoms with Crippen LogP contribution in [0.2, 0.25) is 0 Å². The molecule has 21 heavy (non-hydrogen) atoms. The zero-order chi connectivity index (χ0) is 16.4. The van der Waals surface area contributed by atoms with Gasteiger partial charge in [-0.25, -0.2) is 0 Å². The summed E-state index contributed by atoms with van der Waals surface area (Å²) in [6.45, 7) is 0. The molecule has 1 aromatic carbocycles. The SMILES string of the molecule is NC(=S)c1ccc(NC(=O)CC(F)(F)F)cc1C(F)(F)F. The number of nitrogens with two attached hydrogens (primary N) is 1. The van der Waals surface area contributed by atoms with Crippen LogP contribution in [0, 0.1) is 0 Å². The molecule has 0 saturated carbocycles. The van der Waals surface area contributed by atoms with Crippen molar-refractivity contribution in [3.63, 3.8) is 0 Å². The van der Waals surface area contributed by atoms with Crippen LogP contribution >= 0.6 is 12.2 Å². The molecule has 3 N–H and O–H groups in total. The van der Waals surface area contributed by atoms with Gasteiger partial charge in [-0.2, -0.15) is 26.3 Å². The van der Waals surface area contributed by atoms with Gasteiger partial charge < -0.3 is 11.1 Å². The average Bonchev–Trinajstić information content (AvgIpc) is 2.24. The third-order valence-electron chi connectivity index (χ3n) is 2.24. The van der Waals surface area contributed by atoms with E-state index in [0.29, 0.717) is 6.07 Å². The lowest BCUT2D eigenvalue weighted by molar-refractivity contribution is -0.150. The van der Waals surface area contributed by atoms with Crippen molar-refractivity contribution in [1.82, 2.24) is 0 Å². The molecule has 0 aromatic heterocycles. The predicted octanol–water partition coefficient (Wildman–Crippen LogP) is 3.23. The molecular weight excluding hydrogens is 322 g/mol. The van der Waals surface area contributed by atoms with Gasteiger partial charge in [0.05, 0.1) is 5.56 Å². The van der Waals surface area contributed by atoms with Crippen molar-refractivity contribution in [3.8, 4) is 0 Å². The van der Waals surface area contributed by atoms with Crippen molar-refractivity contribution in [2.45, 2.75) is 18.8 Å². The van der Waals surface area contributed by atoms with Gasteiger partial charge in [0.25, 0.3) is 0 Å². The van der Waals surface area contributed by atoms with Crippen LogP contribution in [-0.2, 0) is 11.0 Å². The van der Waals surface area contributed by atoms with Gasteiger partial charge in [-0.15, -0.1) is 0 Å². The van der Waals surface area contributed by atoms with Gasteiger partial charge >= 0.3 is 12.4 Å². The first-order valence-corrected chi connectivity index (χ1v) is 5.68. The van der Waals surface area contributed by atoms with E-state index in [0.717, 1.165) is 12.1 Å². The first-order chi connectivity index (χ1) is 9.40. The Morgan fingerprint density at radius 1 is 1.19 bits per heavy atom. The Hall–Kier alpha value is -1.84. The summed E-state index contributed by atoms with van der Waals surface area (Å²) in [7, 11) is 0. The Morgan fingerprint density at radius 3 is 2.19 bits per heavy atom. The number of rotatable bonds is 3. The molecule has 0 aliphatic rings. The second kappa shape index (κ2) is 5.88. The summed E-state index contributed by atoms with van der Waals surface area (Å²) in [6.07, 6.45) is -11.4. The summed E-state index contributed by atoms with van der Waals surface area (Å²) >= 11 is 4.46. The predicted molar refractivity (Wildman–Crippen MR) is 66.6 cm³/mol. The highest BCUT2D eigenvalue weighted by molar-refractivity contribution is 7.80. The first-order valence-electron chi connectivity index (χ1n) is 5.28. The lowest BCUT2D eigenvalue weighted by Crippen LogP contribution is -2.22. The maximum atomic E-state index is 12.8. The van der Waals surface area contributed by atoms with E-state index in [1.807, 2.05) is 0 Å². The van der Waals surface area contributed by atoms with Gasteiger partial charge in [-0.3, -0.25) is 4.79 Å². The second-order valence-corrected chi connectivity index (χ2v) is 4.40. The van der Waals surface area contributed by atoms with Gasteiger partial charge in [0.2, 0.25) is 5.91 Å². The van der Waals surface area contributed by atoms with Crippen LogP contribution in [0.25, 0.3) is 0 Å². The molecule has 1 rings (SSSR count). The van der Waals surface area contributed by atoms with Crippen molar-refractivity contribution < 1.29 is 31.1 Å². The minimum absolute atomic E-state index is 0.434. The highest BCUT2D eigenvalue weighted by Crippen LogP contribution is 2.34. The number of thiocarbonyl (C=S) groups is 1. The Labute approximate surface area is 120 Å². The summed E-state index contributed by atoms with van der Waals surface area (Å²) in [6, 6.07) is 2.34. The van der Waals surface area contributed by atoms with Crippen molar-refractivity contribution in [3.05, 3.63) is 29.3 Å². The van der Waals surface area contributed by atoms with Crippen molar-refractivity contribution >= 4 is 28.8 Å². The van der Waals surface area contributed by atoms with Crippen LogP contribution in [0.4, 0.5) is 32.0 Å². The summed E-state index contributed by atoms with van der Waals surface area (Å²) in [5.74, 6) is -1.47. The maximum Gasteiger partial charge on any atom is 0.417 e. The molecular formula is C11H8F6N2OS. The standard InChI is InChI=1S/C11H8F6N2OS/c12-10(13,14)4-8(20)19-5-1-2-6(9(18)21)7(3-5)11(15,16)17/h1-3H,4H2,(H2,18,21)(H,19,20). The fourth-order valence-electron chi connectivity index (χ4n) is 1.46. The molecule has 1 amide bonds. The Morgan fingerprint density at radius 2 is 1.76 bits per heavy atom. The highest BCUT2D eigenvalue weighted by Gasteiger charge is 2.35. The summed E-state index contributed by atoms with van der Waals surface area (Å²) in [4.78, 5) is 10.5. The highest BCUT2D eigenvalue weighted by atomic mass is 32.1. The van der Waals surface area contributed by atoms with E-state index in [-0.39, 0.29) is 0 Å². The zero-order valence-corrected chi connectivity index (χ0v) is 10.9. The lowest BCUT2D eigenvalue weighted by atomic mass is 10.1. The zero-order valence-electron chi connectivity index (χ0n) is 10.1. The van der Waals surface area contributed by atoms with E-state index < -0.39 is 46.5 Å². The van der Waals surface area contributed by atoms with Crippen molar-refractivity contribution in [1.29, 1.82) is 0 Å². The van der Waals surface area contributed by atoms with Crippen LogP contribution in [-0.4, -0.2) is 17.1 Å². The fourth-order valence-corrected chi connectivity index (χ4v) is 1.64. The normalized spacial score (nSPS) is 12.1. The smallest absolute Gasteiger partial charge is 0.389 e. The number of hydrogen-bond acceptors (Lipinski definition) is 2. The number of halogens is 6. The molecule has 0 radical (unpaired) electrons. The molecule has 0 aliphatic heterocycles. The topological polar surface area (TPSA) is 55.1 Å². The van der Waals surface area contributed by atoms with E-state index in [1.165, 1.54) is 0 Å². The second-order valence-electron chi connectivity index (χ2n) is 3.96.